The number of nitrogens with zero attached hydrogens (tertiary/aromatic N) is 4. The first-order chi connectivity index (χ1) is 13.0. The average Bonchev–Trinajstić information content (AvgIpc) is 3.39. The van der Waals surface area contributed by atoms with E-state index in [9.17, 15) is 4.79 Å². The third kappa shape index (κ3) is 3.26. The predicted molar refractivity (Wildman–Crippen MR) is 104 cm³/mol. The molecule has 0 radical (unpaired) electrons. The molecule has 1 saturated carbocycles. The van der Waals surface area contributed by atoms with Crippen LogP contribution < -0.4 is 5.32 Å². The Kier molecular flexibility index (Phi) is 4.33. The second-order valence-corrected chi connectivity index (χ2v) is 7.46. The lowest BCUT2D eigenvalue weighted by Crippen LogP contribution is -2.14. The van der Waals surface area contributed by atoms with Crippen molar-refractivity contribution >= 4 is 34.2 Å². The average molecular weight is 380 g/mol. The number of carbonyl (C=O) groups excluding carboxylic acids is 1. The molecule has 136 valence electrons. The number of nitrogens with one attached hydrogen (secondary N) is 1. The predicted octanol–water partition coefficient (Wildman–Crippen LogP) is 4.67. The van der Waals surface area contributed by atoms with Crippen LogP contribution in [-0.4, -0.2) is 20.7 Å². The molecule has 1 aliphatic carbocycles. The maximum absolute atomic E-state index is 13.0. The Morgan fingerprint density at radius 1 is 1.37 bits per heavy atom. The van der Waals surface area contributed by atoms with Gasteiger partial charge in [0.2, 0.25) is 0 Å². The highest BCUT2D eigenvalue weighted by atomic mass is 35.5. The summed E-state index contributed by atoms with van der Waals surface area (Å²) in [6.45, 7) is 4.08. The number of hydrogen-bond donors (Lipinski definition) is 1. The molecule has 7 heteroatoms. The molecule has 0 bridgehead atoms. The fourth-order valence-electron chi connectivity index (χ4n) is 3.07. The van der Waals surface area contributed by atoms with Gasteiger partial charge >= 0.3 is 0 Å². The van der Waals surface area contributed by atoms with Crippen LogP contribution in [-0.2, 0) is 0 Å². The summed E-state index contributed by atoms with van der Waals surface area (Å²) in [7, 11) is 0. The van der Waals surface area contributed by atoms with Crippen LogP contribution in [0.4, 0.5) is 5.69 Å². The van der Waals surface area contributed by atoms with Crippen LogP contribution in [0.2, 0.25) is 5.02 Å². The fraction of sp³-hybridized carbons (Fsp3) is 0.300. The van der Waals surface area contributed by atoms with Gasteiger partial charge in [-0.2, -0.15) is 10.4 Å². The molecule has 0 saturated heterocycles. The summed E-state index contributed by atoms with van der Waals surface area (Å²) < 4.78 is 1.84. The number of aromatic nitrogens is 3. The lowest BCUT2D eigenvalue weighted by molar-refractivity contribution is 0.102. The molecule has 1 aliphatic rings. The van der Waals surface area contributed by atoms with Crippen LogP contribution in [0.15, 0.2) is 30.5 Å². The van der Waals surface area contributed by atoms with E-state index >= 15 is 0 Å². The summed E-state index contributed by atoms with van der Waals surface area (Å²) in [6, 6.07) is 8.86. The molecule has 0 unspecified atom stereocenters. The summed E-state index contributed by atoms with van der Waals surface area (Å²) in [5, 5.41) is 17.3. The smallest absolute Gasteiger partial charge is 0.256 e. The van der Waals surface area contributed by atoms with Crippen LogP contribution in [0.3, 0.4) is 0 Å². The molecule has 2 aromatic heterocycles. The molecule has 0 aliphatic heterocycles. The first-order valence-electron chi connectivity index (χ1n) is 8.87. The number of anilines is 1. The van der Waals surface area contributed by atoms with Gasteiger partial charge in [-0.05, 0) is 51.0 Å². The number of hydrogen-bond acceptors (Lipinski definition) is 4. The Morgan fingerprint density at radius 2 is 2.15 bits per heavy atom. The molecule has 4 rings (SSSR count). The van der Waals surface area contributed by atoms with Crippen molar-refractivity contribution in [2.24, 2.45) is 0 Å². The normalized spacial score (nSPS) is 13.7. The zero-order chi connectivity index (χ0) is 19.1. The van der Waals surface area contributed by atoms with E-state index < -0.39 is 0 Å². The van der Waals surface area contributed by atoms with E-state index in [2.05, 4.69) is 10.4 Å². The van der Waals surface area contributed by atoms with E-state index in [4.69, 9.17) is 21.8 Å². The minimum Gasteiger partial charge on any atom is -0.322 e. The minimum atomic E-state index is -0.242. The van der Waals surface area contributed by atoms with Crippen LogP contribution in [0.5, 0.6) is 0 Å². The van der Waals surface area contributed by atoms with Crippen molar-refractivity contribution in [2.75, 3.05) is 5.32 Å². The molecule has 27 heavy (non-hydrogen) atoms. The van der Waals surface area contributed by atoms with Crippen LogP contribution in [0.1, 0.15) is 60.3 Å². The first kappa shape index (κ1) is 17.5. The quantitative estimate of drug-likeness (QED) is 0.714. The largest absolute Gasteiger partial charge is 0.322 e. The third-order valence-electron chi connectivity index (χ3n) is 4.66. The molecular formula is C20H18ClN5O. The van der Waals surface area contributed by atoms with Gasteiger partial charge in [0.05, 0.1) is 27.7 Å². The molecule has 1 fully saturated rings. The standard InChI is InChI=1S/C20H18ClN5O/c1-11(2)26-19-16(10-23-26)15(8-18(25-19)12-3-4-12)20(27)24-14-6-5-13(9-22)17(21)7-14/h5-8,10-12H,3-4H2,1-2H3,(H,24,27). The molecule has 1 amide bonds. The van der Waals surface area contributed by atoms with E-state index in [0.29, 0.717) is 27.8 Å². The lowest BCUT2D eigenvalue weighted by atomic mass is 10.1. The number of rotatable bonds is 4. The van der Waals surface area contributed by atoms with Crippen LogP contribution in [0, 0.1) is 11.3 Å². The Balaban J connectivity index is 1.75. The summed E-state index contributed by atoms with van der Waals surface area (Å²) in [6.07, 6.45) is 3.89. The van der Waals surface area contributed by atoms with Crippen molar-refractivity contribution in [3.8, 4) is 6.07 Å². The number of benzene rings is 1. The van der Waals surface area contributed by atoms with Gasteiger partial charge in [-0.1, -0.05) is 11.6 Å². The minimum absolute atomic E-state index is 0.151. The second kappa shape index (κ2) is 6.67. The van der Waals surface area contributed by atoms with E-state index in [-0.39, 0.29) is 11.9 Å². The molecular weight excluding hydrogens is 362 g/mol. The monoisotopic (exact) mass is 379 g/mol. The molecule has 1 aromatic carbocycles. The number of carbonyl (C=O) groups is 1. The van der Waals surface area contributed by atoms with Crippen molar-refractivity contribution in [1.82, 2.24) is 14.8 Å². The highest BCUT2D eigenvalue weighted by Crippen LogP contribution is 2.40. The Labute approximate surface area is 161 Å². The van der Waals surface area contributed by atoms with Crippen LogP contribution in [0.25, 0.3) is 11.0 Å². The molecule has 0 spiro atoms. The number of nitriles is 1. The van der Waals surface area contributed by atoms with E-state index in [1.807, 2.05) is 30.7 Å². The van der Waals surface area contributed by atoms with Crippen molar-refractivity contribution in [3.63, 3.8) is 0 Å². The first-order valence-corrected chi connectivity index (χ1v) is 9.25. The lowest BCUT2D eigenvalue weighted by Gasteiger charge is -2.11. The van der Waals surface area contributed by atoms with Crippen molar-refractivity contribution in [2.45, 2.75) is 38.6 Å². The summed E-state index contributed by atoms with van der Waals surface area (Å²) in [5.41, 5.74) is 3.13. The molecule has 3 aromatic rings. The summed E-state index contributed by atoms with van der Waals surface area (Å²) in [5.74, 6) is 0.175. The third-order valence-corrected chi connectivity index (χ3v) is 4.98. The van der Waals surface area contributed by atoms with Gasteiger partial charge in [-0.15, -0.1) is 0 Å². The van der Waals surface area contributed by atoms with Gasteiger partial charge in [-0.3, -0.25) is 4.79 Å². The van der Waals surface area contributed by atoms with Gasteiger partial charge in [0.1, 0.15) is 6.07 Å². The number of halogens is 1. The van der Waals surface area contributed by atoms with Gasteiger partial charge in [0.15, 0.2) is 5.65 Å². The second-order valence-electron chi connectivity index (χ2n) is 7.05. The molecule has 0 atom stereocenters. The topological polar surface area (TPSA) is 83.6 Å². The highest BCUT2D eigenvalue weighted by Gasteiger charge is 2.28. The summed E-state index contributed by atoms with van der Waals surface area (Å²) >= 11 is 6.07. The van der Waals surface area contributed by atoms with E-state index in [1.54, 1.807) is 24.4 Å². The maximum atomic E-state index is 13.0. The van der Waals surface area contributed by atoms with Crippen molar-refractivity contribution < 1.29 is 4.79 Å². The van der Waals surface area contributed by atoms with Crippen molar-refractivity contribution in [3.05, 3.63) is 52.3 Å². The van der Waals surface area contributed by atoms with E-state index in [1.165, 1.54) is 0 Å². The molecule has 2 heterocycles. The Bertz CT molecular complexity index is 1090. The van der Waals surface area contributed by atoms with E-state index in [0.717, 1.165) is 29.6 Å². The zero-order valence-electron chi connectivity index (χ0n) is 15.0. The molecule has 1 N–H and O–H groups in total. The highest BCUT2D eigenvalue weighted by molar-refractivity contribution is 6.32. The SMILES string of the molecule is CC(C)n1ncc2c(C(=O)Nc3ccc(C#N)c(Cl)c3)cc(C3CC3)nc21. The molecule has 6 nitrogen and oxygen atoms in total. The maximum Gasteiger partial charge on any atom is 0.256 e. The fourth-order valence-corrected chi connectivity index (χ4v) is 3.30. The summed E-state index contributed by atoms with van der Waals surface area (Å²) in [4.78, 5) is 17.8. The Morgan fingerprint density at radius 3 is 2.78 bits per heavy atom. The van der Waals surface area contributed by atoms with Gasteiger partial charge in [0.25, 0.3) is 5.91 Å². The number of pyridine rings is 1. The van der Waals surface area contributed by atoms with Crippen LogP contribution >= 0.6 is 11.6 Å². The van der Waals surface area contributed by atoms with Gasteiger partial charge in [0, 0.05) is 23.3 Å². The number of fused-ring (bicyclic) bond motifs is 1. The van der Waals surface area contributed by atoms with Crippen molar-refractivity contribution in [1.29, 1.82) is 5.26 Å². The van der Waals surface area contributed by atoms with Gasteiger partial charge in [-0.25, -0.2) is 9.67 Å². The number of amides is 1. The zero-order valence-corrected chi connectivity index (χ0v) is 15.8. The Hall–Kier alpha value is -2.91. The van der Waals surface area contributed by atoms with Gasteiger partial charge < -0.3 is 5.32 Å².